The molecule has 0 aromatic heterocycles. The fourth-order valence-corrected chi connectivity index (χ4v) is 3.52. The Balaban J connectivity index is 2.26. The number of amides is 1. The number of nitrogens with zero attached hydrogens (tertiary/aromatic N) is 2. The van der Waals surface area contributed by atoms with Crippen molar-refractivity contribution in [1.29, 1.82) is 5.26 Å². The van der Waals surface area contributed by atoms with Crippen molar-refractivity contribution >= 4 is 44.4 Å². The van der Waals surface area contributed by atoms with Crippen LogP contribution in [0.1, 0.15) is 18.9 Å². The first-order chi connectivity index (χ1) is 9.02. The van der Waals surface area contributed by atoms with E-state index in [-0.39, 0.29) is 16.3 Å². The summed E-state index contributed by atoms with van der Waals surface area (Å²) in [6.07, 6.45) is 0.355. The number of carbonyl (C=O) groups is 2. The zero-order chi connectivity index (χ0) is 14.0. The van der Waals surface area contributed by atoms with Gasteiger partial charge in [0.2, 0.25) is 5.91 Å². The van der Waals surface area contributed by atoms with E-state index in [9.17, 15) is 9.59 Å². The lowest BCUT2D eigenvalue weighted by molar-refractivity contribution is -0.117. The van der Waals surface area contributed by atoms with E-state index in [1.54, 1.807) is 23.1 Å². The molecule has 6 heteroatoms. The second-order valence-corrected chi connectivity index (χ2v) is 6.46. The Morgan fingerprint density at radius 3 is 2.95 bits per heavy atom. The topological polar surface area (TPSA) is 61.2 Å². The van der Waals surface area contributed by atoms with Crippen LogP contribution in [0, 0.1) is 11.3 Å². The molecule has 98 valence electrons. The fourth-order valence-electron chi connectivity index (χ4n) is 2.04. The summed E-state index contributed by atoms with van der Waals surface area (Å²) in [7, 11) is 0. The smallest absolute Gasteiger partial charge is 0.228 e. The number of halogens is 1. The Kier molecular flexibility index (Phi) is 4.27. The highest BCUT2D eigenvalue weighted by molar-refractivity contribution is 9.10. The van der Waals surface area contributed by atoms with Crippen molar-refractivity contribution in [3.63, 3.8) is 0 Å². The molecule has 0 saturated carbocycles. The van der Waals surface area contributed by atoms with E-state index in [0.717, 1.165) is 0 Å². The van der Waals surface area contributed by atoms with Crippen molar-refractivity contribution in [3.05, 3.63) is 28.2 Å². The van der Waals surface area contributed by atoms with Crippen molar-refractivity contribution in [2.24, 2.45) is 0 Å². The summed E-state index contributed by atoms with van der Waals surface area (Å²) in [5.41, 5.74) is 1.18. The van der Waals surface area contributed by atoms with E-state index >= 15 is 0 Å². The summed E-state index contributed by atoms with van der Waals surface area (Å²) >= 11 is 4.56. The molecular formula is C13H11BrN2O2S. The van der Waals surface area contributed by atoms with Gasteiger partial charge >= 0.3 is 0 Å². The number of anilines is 1. The SMILES string of the molecule is CC(=O)SC1CC(=O)N(c2cccc(C#N)c2Br)C1. The molecule has 0 radical (unpaired) electrons. The molecule has 1 aliphatic heterocycles. The molecule has 2 rings (SSSR count). The summed E-state index contributed by atoms with van der Waals surface area (Å²) in [6.45, 7) is 2.00. The molecule has 0 spiro atoms. The van der Waals surface area contributed by atoms with Gasteiger partial charge in [0.05, 0.1) is 15.7 Å². The van der Waals surface area contributed by atoms with E-state index in [0.29, 0.717) is 28.7 Å². The fraction of sp³-hybridized carbons (Fsp3) is 0.308. The minimum atomic E-state index is -0.0189. The van der Waals surface area contributed by atoms with Gasteiger partial charge in [-0.25, -0.2) is 0 Å². The molecule has 1 aliphatic rings. The van der Waals surface area contributed by atoms with Crippen molar-refractivity contribution in [2.75, 3.05) is 11.4 Å². The Morgan fingerprint density at radius 1 is 1.58 bits per heavy atom. The molecule has 4 nitrogen and oxygen atoms in total. The van der Waals surface area contributed by atoms with Gasteiger partial charge in [0.15, 0.2) is 5.12 Å². The zero-order valence-electron chi connectivity index (χ0n) is 10.2. The third kappa shape index (κ3) is 2.99. The van der Waals surface area contributed by atoms with Gasteiger partial charge in [0.25, 0.3) is 0 Å². The van der Waals surface area contributed by atoms with Crippen molar-refractivity contribution in [3.8, 4) is 6.07 Å². The Hall–Kier alpha value is -1.32. The molecule has 1 fully saturated rings. The third-order valence-electron chi connectivity index (χ3n) is 2.81. The van der Waals surface area contributed by atoms with Gasteiger partial charge in [-0.15, -0.1) is 0 Å². The molecule has 0 aliphatic carbocycles. The Morgan fingerprint density at radius 2 is 2.32 bits per heavy atom. The predicted molar refractivity (Wildman–Crippen MR) is 77.9 cm³/mol. The number of hydrogen-bond donors (Lipinski definition) is 0. The van der Waals surface area contributed by atoms with Crippen LogP contribution in [0.25, 0.3) is 0 Å². The van der Waals surface area contributed by atoms with Crippen LogP contribution in [0.4, 0.5) is 5.69 Å². The van der Waals surface area contributed by atoms with Crippen LogP contribution in [0.3, 0.4) is 0 Å². The number of rotatable bonds is 2. The van der Waals surface area contributed by atoms with E-state index in [1.165, 1.54) is 18.7 Å². The number of hydrogen-bond acceptors (Lipinski definition) is 4. The molecule has 1 aromatic carbocycles. The maximum Gasteiger partial charge on any atom is 0.228 e. The summed E-state index contributed by atoms with van der Waals surface area (Å²) < 4.78 is 0.624. The van der Waals surface area contributed by atoms with Gasteiger partial charge in [-0.2, -0.15) is 5.26 Å². The standard InChI is InChI=1S/C13H11BrN2O2S/c1-8(17)19-10-5-12(18)16(7-10)11-4-2-3-9(6-15)13(11)14/h2-4,10H,5,7H2,1H3. The highest BCUT2D eigenvalue weighted by atomic mass is 79.9. The van der Waals surface area contributed by atoms with E-state index in [1.807, 2.05) is 0 Å². The normalized spacial score (nSPS) is 18.5. The lowest BCUT2D eigenvalue weighted by Crippen LogP contribution is -2.25. The van der Waals surface area contributed by atoms with Crippen molar-refractivity contribution < 1.29 is 9.59 Å². The summed E-state index contributed by atoms with van der Waals surface area (Å²) in [4.78, 5) is 24.7. The first-order valence-electron chi connectivity index (χ1n) is 5.69. The predicted octanol–water partition coefficient (Wildman–Crippen LogP) is 2.71. The molecule has 1 unspecified atom stereocenters. The first-order valence-corrected chi connectivity index (χ1v) is 7.36. The average Bonchev–Trinajstić information content (AvgIpc) is 2.69. The molecule has 1 heterocycles. The summed E-state index contributed by atoms with van der Waals surface area (Å²) in [5.74, 6) is -0.0189. The average molecular weight is 339 g/mol. The van der Waals surface area contributed by atoms with Gasteiger partial charge in [0.1, 0.15) is 6.07 Å². The van der Waals surface area contributed by atoms with E-state index in [4.69, 9.17) is 5.26 Å². The molecule has 19 heavy (non-hydrogen) atoms. The van der Waals surface area contributed by atoms with Crippen LogP contribution in [-0.4, -0.2) is 22.8 Å². The molecule has 0 bridgehead atoms. The first kappa shape index (κ1) is 14.1. The third-order valence-corrected chi connectivity index (χ3v) is 4.63. The van der Waals surface area contributed by atoms with Crippen molar-refractivity contribution in [2.45, 2.75) is 18.6 Å². The van der Waals surface area contributed by atoms with Crippen LogP contribution in [0.5, 0.6) is 0 Å². The zero-order valence-corrected chi connectivity index (χ0v) is 12.6. The number of benzene rings is 1. The van der Waals surface area contributed by atoms with E-state index in [2.05, 4.69) is 22.0 Å². The second kappa shape index (κ2) is 5.76. The molecule has 0 N–H and O–H groups in total. The summed E-state index contributed by atoms with van der Waals surface area (Å²) in [6, 6.07) is 7.31. The molecule has 1 aromatic rings. The maximum absolute atomic E-state index is 12.0. The minimum Gasteiger partial charge on any atom is -0.310 e. The molecular weight excluding hydrogens is 328 g/mol. The molecule has 1 atom stereocenters. The van der Waals surface area contributed by atoms with E-state index < -0.39 is 0 Å². The van der Waals surface area contributed by atoms with Crippen molar-refractivity contribution in [1.82, 2.24) is 0 Å². The van der Waals surface area contributed by atoms with Crippen LogP contribution in [-0.2, 0) is 9.59 Å². The Bertz CT molecular complexity index is 582. The van der Waals surface area contributed by atoms with Gasteiger partial charge in [0, 0.05) is 25.1 Å². The van der Waals surface area contributed by atoms with Crippen LogP contribution >= 0.6 is 27.7 Å². The lowest BCUT2D eigenvalue weighted by atomic mass is 10.2. The quantitative estimate of drug-likeness (QED) is 0.831. The Labute approximate surface area is 123 Å². The van der Waals surface area contributed by atoms with Gasteiger partial charge < -0.3 is 4.90 Å². The van der Waals surface area contributed by atoms with Crippen LogP contribution < -0.4 is 4.90 Å². The molecule has 1 amide bonds. The van der Waals surface area contributed by atoms with Crippen LogP contribution in [0.15, 0.2) is 22.7 Å². The highest BCUT2D eigenvalue weighted by Crippen LogP contribution is 2.34. The van der Waals surface area contributed by atoms with Crippen LogP contribution in [0.2, 0.25) is 0 Å². The van der Waals surface area contributed by atoms with Gasteiger partial charge in [-0.3, -0.25) is 9.59 Å². The number of nitriles is 1. The lowest BCUT2D eigenvalue weighted by Gasteiger charge is -2.18. The number of carbonyl (C=O) groups excluding carboxylic acids is 2. The maximum atomic E-state index is 12.0. The highest BCUT2D eigenvalue weighted by Gasteiger charge is 2.33. The van der Waals surface area contributed by atoms with Gasteiger partial charge in [-0.1, -0.05) is 17.8 Å². The summed E-state index contributed by atoms with van der Waals surface area (Å²) in [5, 5.41) is 9.00. The minimum absolute atomic E-state index is 0.0114. The molecule has 1 saturated heterocycles. The second-order valence-electron chi connectivity index (χ2n) is 4.19. The largest absolute Gasteiger partial charge is 0.310 e. The van der Waals surface area contributed by atoms with Gasteiger partial charge in [-0.05, 0) is 28.1 Å². The number of thioether (sulfide) groups is 1. The monoisotopic (exact) mass is 338 g/mol.